The Morgan fingerprint density at radius 1 is 0.920 bits per heavy atom. The van der Waals surface area contributed by atoms with E-state index in [4.69, 9.17) is 0 Å². The maximum Gasteiger partial charge on any atom is 0.269 e. The Hall–Kier alpha value is -2.93. The van der Waals surface area contributed by atoms with E-state index in [9.17, 15) is 9.59 Å². The highest BCUT2D eigenvalue weighted by atomic mass is 32.2. The van der Waals surface area contributed by atoms with Gasteiger partial charge in [0.05, 0.1) is 22.5 Å². The summed E-state index contributed by atoms with van der Waals surface area (Å²) in [4.78, 5) is 32.8. The second kappa shape index (κ2) is 7.76. The third-order valence-corrected chi connectivity index (χ3v) is 4.46. The van der Waals surface area contributed by atoms with Crippen molar-refractivity contribution in [2.24, 2.45) is 0 Å². The van der Waals surface area contributed by atoms with Crippen molar-refractivity contribution in [1.82, 2.24) is 20.8 Å². The third kappa shape index (κ3) is 4.33. The summed E-state index contributed by atoms with van der Waals surface area (Å²) in [5.41, 5.74) is 7.65. The Morgan fingerprint density at radius 3 is 2.28 bits per heavy atom. The van der Waals surface area contributed by atoms with Gasteiger partial charge in [-0.2, -0.15) is 0 Å². The van der Waals surface area contributed by atoms with Crippen LogP contribution in [0.4, 0.5) is 0 Å². The zero-order chi connectivity index (χ0) is 17.6. The fourth-order valence-electron chi connectivity index (χ4n) is 2.17. The first-order valence-corrected chi connectivity index (χ1v) is 8.62. The molecule has 1 aromatic heterocycles. The molecule has 0 saturated heterocycles. The van der Waals surface area contributed by atoms with Gasteiger partial charge in [-0.3, -0.25) is 20.4 Å². The molecule has 3 rings (SSSR count). The van der Waals surface area contributed by atoms with E-state index in [1.54, 1.807) is 24.3 Å². The van der Waals surface area contributed by atoms with E-state index >= 15 is 0 Å². The van der Waals surface area contributed by atoms with E-state index in [0.29, 0.717) is 10.6 Å². The maximum absolute atomic E-state index is 11.9. The van der Waals surface area contributed by atoms with Crippen molar-refractivity contribution in [3.63, 3.8) is 0 Å². The van der Waals surface area contributed by atoms with Gasteiger partial charge in [0.15, 0.2) is 0 Å². The summed E-state index contributed by atoms with van der Waals surface area (Å²) >= 11 is 1.28. The van der Waals surface area contributed by atoms with Gasteiger partial charge in [0.25, 0.3) is 5.91 Å². The summed E-state index contributed by atoms with van der Waals surface area (Å²) in [6.07, 6.45) is 0. The molecule has 0 unspecified atom stereocenters. The third-order valence-electron chi connectivity index (χ3n) is 3.39. The number of benzene rings is 2. The summed E-state index contributed by atoms with van der Waals surface area (Å²) in [6, 6.07) is 16.3. The molecular formula is C18H16N4O2S. The van der Waals surface area contributed by atoms with Crippen LogP contribution in [0.5, 0.6) is 0 Å². The molecule has 0 aliphatic rings. The van der Waals surface area contributed by atoms with Gasteiger partial charge < -0.3 is 0 Å². The van der Waals surface area contributed by atoms with Gasteiger partial charge in [-0.25, -0.2) is 9.97 Å². The molecule has 0 fully saturated rings. The number of hydrogen-bond donors (Lipinski definition) is 2. The van der Waals surface area contributed by atoms with Crippen molar-refractivity contribution < 1.29 is 9.59 Å². The van der Waals surface area contributed by atoms with Gasteiger partial charge >= 0.3 is 0 Å². The van der Waals surface area contributed by atoms with Crippen molar-refractivity contribution in [3.05, 3.63) is 65.9 Å². The molecular weight excluding hydrogens is 336 g/mol. The standard InChI is InChI=1S/C18H16N4O2S/c1-12-18(20-15-10-6-5-9-14(15)19-12)25-11-16(23)21-22-17(24)13-7-3-2-4-8-13/h2-10H,11H2,1H3,(H,21,23)(H,22,24). The molecule has 0 spiro atoms. The first kappa shape index (κ1) is 16.9. The number of rotatable bonds is 4. The van der Waals surface area contributed by atoms with Crippen LogP contribution in [0.2, 0.25) is 0 Å². The van der Waals surface area contributed by atoms with Crippen molar-refractivity contribution in [1.29, 1.82) is 0 Å². The van der Waals surface area contributed by atoms with Crippen molar-refractivity contribution >= 4 is 34.6 Å². The minimum atomic E-state index is -0.361. The predicted octanol–water partition coefficient (Wildman–Crippen LogP) is 2.49. The van der Waals surface area contributed by atoms with Crippen LogP contribution >= 0.6 is 11.8 Å². The van der Waals surface area contributed by atoms with E-state index in [0.717, 1.165) is 16.7 Å². The average molecular weight is 352 g/mol. The molecule has 126 valence electrons. The normalized spacial score (nSPS) is 10.4. The van der Waals surface area contributed by atoms with Crippen LogP contribution in [-0.4, -0.2) is 27.5 Å². The lowest BCUT2D eigenvalue weighted by Crippen LogP contribution is -2.42. The Bertz CT molecular complexity index is 915. The van der Waals surface area contributed by atoms with E-state index in [1.165, 1.54) is 11.8 Å². The van der Waals surface area contributed by atoms with E-state index in [2.05, 4.69) is 20.8 Å². The van der Waals surface area contributed by atoms with E-state index < -0.39 is 0 Å². The summed E-state index contributed by atoms with van der Waals surface area (Å²) in [7, 11) is 0. The van der Waals surface area contributed by atoms with Crippen molar-refractivity contribution in [2.75, 3.05) is 5.75 Å². The molecule has 3 aromatic rings. The van der Waals surface area contributed by atoms with Gasteiger partial charge in [-0.1, -0.05) is 42.1 Å². The fraction of sp³-hybridized carbons (Fsp3) is 0.111. The molecule has 0 radical (unpaired) electrons. The van der Waals surface area contributed by atoms with Crippen LogP contribution in [0.15, 0.2) is 59.6 Å². The highest BCUT2D eigenvalue weighted by Gasteiger charge is 2.10. The summed E-state index contributed by atoms with van der Waals surface area (Å²) in [5.74, 6) is -0.549. The van der Waals surface area contributed by atoms with Crippen molar-refractivity contribution in [3.8, 4) is 0 Å². The van der Waals surface area contributed by atoms with Gasteiger partial charge in [-0.15, -0.1) is 0 Å². The van der Waals surface area contributed by atoms with Crippen LogP contribution in [0.25, 0.3) is 11.0 Å². The Balaban J connectivity index is 1.55. The lowest BCUT2D eigenvalue weighted by molar-refractivity contribution is -0.119. The van der Waals surface area contributed by atoms with Gasteiger partial charge in [-0.05, 0) is 31.2 Å². The maximum atomic E-state index is 11.9. The van der Waals surface area contributed by atoms with Crippen LogP contribution < -0.4 is 10.9 Å². The predicted molar refractivity (Wildman–Crippen MR) is 97.0 cm³/mol. The lowest BCUT2D eigenvalue weighted by Gasteiger charge is -2.08. The number of nitrogens with zero attached hydrogens (tertiary/aromatic N) is 2. The zero-order valence-electron chi connectivity index (χ0n) is 13.5. The minimum absolute atomic E-state index is 0.128. The van der Waals surface area contributed by atoms with Gasteiger partial charge in [0, 0.05) is 5.56 Å². The molecule has 0 aliphatic carbocycles. The molecule has 0 atom stereocenters. The van der Waals surface area contributed by atoms with E-state index in [1.807, 2.05) is 37.3 Å². The Labute approximate surface area is 149 Å². The first-order valence-electron chi connectivity index (χ1n) is 7.64. The van der Waals surface area contributed by atoms with Gasteiger partial charge in [0.2, 0.25) is 5.91 Å². The minimum Gasteiger partial charge on any atom is -0.272 e. The fourth-order valence-corrected chi connectivity index (χ4v) is 2.92. The summed E-state index contributed by atoms with van der Waals surface area (Å²) in [5, 5.41) is 0.697. The SMILES string of the molecule is Cc1nc2ccccc2nc1SCC(=O)NNC(=O)c1ccccc1. The molecule has 7 heteroatoms. The number of hydrogen-bond acceptors (Lipinski definition) is 5. The molecule has 0 aliphatic heterocycles. The molecule has 2 amide bonds. The smallest absolute Gasteiger partial charge is 0.269 e. The number of hydrazine groups is 1. The number of para-hydroxylation sites is 2. The van der Waals surface area contributed by atoms with Crippen LogP contribution in [-0.2, 0) is 4.79 Å². The number of carbonyl (C=O) groups is 2. The number of nitrogens with one attached hydrogen (secondary N) is 2. The lowest BCUT2D eigenvalue weighted by atomic mass is 10.2. The van der Waals surface area contributed by atoms with Crippen LogP contribution in [0.3, 0.4) is 0 Å². The molecule has 2 aromatic carbocycles. The number of aromatic nitrogens is 2. The van der Waals surface area contributed by atoms with Crippen LogP contribution in [0, 0.1) is 6.92 Å². The molecule has 1 heterocycles. The topological polar surface area (TPSA) is 84.0 Å². The quantitative estimate of drug-likeness (QED) is 0.557. The summed E-state index contributed by atoms with van der Waals surface area (Å²) in [6.45, 7) is 1.86. The van der Waals surface area contributed by atoms with Gasteiger partial charge in [0.1, 0.15) is 5.03 Å². The summed E-state index contributed by atoms with van der Waals surface area (Å²) < 4.78 is 0. The highest BCUT2D eigenvalue weighted by Crippen LogP contribution is 2.21. The van der Waals surface area contributed by atoms with Crippen LogP contribution in [0.1, 0.15) is 16.1 Å². The number of carbonyl (C=O) groups excluding carboxylic acids is 2. The first-order chi connectivity index (χ1) is 12.1. The molecule has 6 nitrogen and oxygen atoms in total. The number of amides is 2. The molecule has 0 saturated carbocycles. The number of aryl methyl sites for hydroxylation is 1. The Morgan fingerprint density at radius 2 is 1.56 bits per heavy atom. The highest BCUT2D eigenvalue weighted by molar-refractivity contribution is 7.99. The molecule has 2 N–H and O–H groups in total. The average Bonchev–Trinajstić information content (AvgIpc) is 2.65. The van der Waals surface area contributed by atoms with Crippen molar-refractivity contribution in [2.45, 2.75) is 11.9 Å². The molecule has 0 bridgehead atoms. The second-order valence-corrected chi connectivity index (χ2v) is 6.22. The molecule has 25 heavy (non-hydrogen) atoms. The monoisotopic (exact) mass is 352 g/mol. The number of fused-ring (bicyclic) bond motifs is 1. The number of thioether (sulfide) groups is 1. The van der Waals surface area contributed by atoms with E-state index in [-0.39, 0.29) is 17.6 Å². The largest absolute Gasteiger partial charge is 0.272 e. The Kier molecular flexibility index (Phi) is 5.25. The zero-order valence-corrected chi connectivity index (χ0v) is 14.3. The second-order valence-electron chi connectivity index (χ2n) is 5.26.